The number of hydrogen-bond donors (Lipinski definition) is 7. The number of allylic oxidation sites excluding steroid dienone is 1. The molecule has 3 saturated carbocycles. The van der Waals surface area contributed by atoms with Crippen LogP contribution in [0.15, 0.2) is 11.6 Å². The van der Waals surface area contributed by atoms with Crippen LogP contribution in [0.2, 0.25) is 0 Å². The van der Waals surface area contributed by atoms with Gasteiger partial charge in [0.2, 0.25) is 0 Å². The Morgan fingerprint density at radius 3 is 2.33 bits per heavy atom. The second-order valence-corrected chi connectivity index (χ2v) is 17.5. The SMILES string of the molecule is CC1O[C@@H](OC2C(OC3CC[C@@]4(C)C(=CC[C@@H]5[C@@H]4CC[C@]4(C)C([C@H](C)C(=O)CC[C@@H](C)CO)C(=O)C[C@@H]54)C3)OC(CO)[C@@H](O)C2O)C(O)C(O)[C@H]1O. The van der Waals surface area contributed by atoms with Gasteiger partial charge in [0.05, 0.1) is 18.8 Å². The Morgan fingerprint density at radius 2 is 1.63 bits per heavy atom. The number of fused-ring (bicyclic) bond motifs is 5. The van der Waals surface area contributed by atoms with Gasteiger partial charge in [-0.15, -0.1) is 0 Å². The van der Waals surface area contributed by atoms with Crippen molar-refractivity contribution in [2.45, 2.75) is 160 Å². The molecule has 0 aromatic rings. The summed E-state index contributed by atoms with van der Waals surface area (Å²) < 4.78 is 23.9. The summed E-state index contributed by atoms with van der Waals surface area (Å²) >= 11 is 0. The lowest BCUT2D eigenvalue weighted by Gasteiger charge is -2.58. The summed E-state index contributed by atoms with van der Waals surface area (Å²) in [6, 6.07) is 0. The van der Waals surface area contributed by atoms with Crippen molar-refractivity contribution in [3.8, 4) is 0 Å². The van der Waals surface area contributed by atoms with Crippen LogP contribution in [0.5, 0.6) is 0 Å². The van der Waals surface area contributed by atoms with Crippen molar-refractivity contribution in [2.24, 2.45) is 46.3 Å². The van der Waals surface area contributed by atoms with Gasteiger partial charge < -0.3 is 54.7 Å². The summed E-state index contributed by atoms with van der Waals surface area (Å²) in [6.45, 7) is 9.41. The molecule has 2 heterocycles. The van der Waals surface area contributed by atoms with Gasteiger partial charge in [-0.25, -0.2) is 0 Å². The smallest absolute Gasteiger partial charge is 0.187 e. The number of carbonyl (C=O) groups excluding carboxylic acids is 2. The zero-order chi connectivity index (χ0) is 37.9. The van der Waals surface area contributed by atoms with Gasteiger partial charge in [0.15, 0.2) is 12.6 Å². The molecule has 52 heavy (non-hydrogen) atoms. The summed E-state index contributed by atoms with van der Waals surface area (Å²) in [5, 5.41) is 72.2. The molecular weight excluding hydrogens is 676 g/mol. The van der Waals surface area contributed by atoms with Crippen molar-refractivity contribution in [3.63, 3.8) is 0 Å². The van der Waals surface area contributed by atoms with E-state index in [0.29, 0.717) is 43.9 Å². The summed E-state index contributed by atoms with van der Waals surface area (Å²) in [7, 11) is 0. The number of hydrogen-bond acceptors (Lipinski definition) is 13. The van der Waals surface area contributed by atoms with Gasteiger partial charge in [0, 0.05) is 31.3 Å². The van der Waals surface area contributed by atoms with Crippen LogP contribution in [0.25, 0.3) is 0 Å². The van der Waals surface area contributed by atoms with Crippen LogP contribution in [0.1, 0.15) is 92.4 Å². The molecule has 0 aromatic heterocycles. The van der Waals surface area contributed by atoms with E-state index in [1.807, 2.05) is 13.8 Å². The van der Waals surface area contributed by atoms with Crippen molar-refractivity contribution in [2.75, 3.05) is 13.2 Å². The minimum Gasteiger partial charge on any atom is -0.396 e. The average molecular weight is 739 g/mol. The van der Waals surface area contributed by atoms with E-state index >= 15 is 0 Å². The molecule has 0 radical (unpaired) electrons. The predicted octanol–water partition coefficient (Wildman–Crippen LogP) is 1.40. The molecule has 7 N–H and O–H groups in total. The van der Waals surface area contributed by atoms with Crippen LogP contribution >= 0.6 is 0 Å². The summed E-state index contributed by atoms with van der Waals surface area (Å²) in [6.07, 6.45) is -5.47. The van der Waals surface area contributed by atoms with E-state index in [9.17, 15) is 45.3 Å². The predicted molar refractivity (Wildman–Crippen MR) is 185 cm³/mol. The minimum absolute atomic E-state index is 0.0488. The molecule has 13 heteroatoms. The monoisotopic (exact) mass is 738 g/mol. The molecular formula is C39H62O13. The Kier molecular flexibility index (Phi) is 12.1. The lowest BCUT2D eigenvalue weighted by molar-refractivity contribution is -0.369. The van der Waals surface area contributed by atoms with E-state index in [1.165, 1.54) is 12.5 Å². The van der Waals surface area contributed by atoms with Crippen LogP contribution in [0.4, 0.5) is 0 Å². The first-order chi connectivity index (χ1) is 24.5. The van der Waals surface area contributed by atoms with E-state index in [4.69, 9.17) is 18.9 Å². The molecule has 2 aliphatic heterocycles. The molecule has 13 nitrogen and oxygen atoms in total. The molecule has 0 amide bonds. The fourth-order valence-electron chi connectivity index (χ4n) is 11.1. The maximum absolute atomic E-state index is 13.7. The first kappa shape index (κ1) is 40.3. The largest absolute Gasteiger partial charge is 0.396 e. The number of Topliss-reactive ketones (excluding diaryl/α,β-unsaturated/α-hetero) is 2. The lowest BCUT2D eigenvalue weighted by Crippen LogP contribution is -2.64. The van der Waals surface area contributed by atoms with E-state index in [0.717, 1.165) is 25.7 Å². The van der Waals surface area contributed by atoms with E-state index in [1.54, 1.807) is 0 Å². The van der Waals surface area contributed by atoms with Gasteiger partial charge >= 0.3 is 0 Å². The third-order valence-corrected chi connectivity index (χ3v) is 14.4. The number of rotatable bonds is 11. The Bertz CT molecular complexity index is 1320. The number of aliphatic hydroxyl groups excluding tert-OH is 7. The molecule has 4 aliphatic carbocycles. The normalized spacial score (nSPS) is 49.0. The highest BCUT2D eigenvalue weighted by Crippen LogP contribution is 2.66. The van der Waals surface area contributed by atoms with Crippen LogP contribution < -0.4 is 0 Å². The Balaban J connectivity index is 1.15. The quantitative estimate of drug-likeness (QED) is 0.150. The topological polar surface area (TPSA) is 213 Å². The van der Waals surface area contributed by atoms with Gasteiger partial charge in [-0.05, 0) is 86.4 Å². The molecule has 2 saturated heterocycles. The van der Waals surface area contributed by atoms with Crippen molar-refractivity contribution in [3.05, 3.63) is 11.6 Å². The summed E-state index contributed by atoms with van der Waals surface area (Å²) in [5.41, 5.74) is 0.939. The Hall–Kier alpha value is -1.36. The zero-order valence-electron chi connectivity index (χ0n) is 31.3. The second kappa shape index (κ2) is 15.6. The minimum atomic E-state index is -1.64. The maximum Gasteiger partial charge on any atom is 0.187 e. The van der Waals surface area contributed by atoms with Crippen molar-refractivity contribution in [1.29, 1.82) is 0 Å². The van der Waals surface area contributed by atoms with Crippen LogP contribution in [-0.2, 0) is 28.5 Å². The molecule has 296 valence electrons. The Morgan fingerprint density at radius 1 is 0.904 bits per heavy atom. The highest BCUT2D eigenvalue weighted by atomic mass is 16.8. The van der Waals surface area contributed by atoms with E-state index in [-0.39, 0.29) is 58.8 Å². The summed E-state index contributed by atoms with van der Waals surface area (Å²) in [5.74, 6) is 0.680. The van der Waals surface area contributed by atoms with Gasteiger partial charge in [-0.1, -0.05) is 39.3 Å². The third-order valence-electron chi connectivity index (χ3n) is 14.4. The molecule has 0 aromatic carbocycles. The third kappa shape index (κ3) is 7.11. The molecule has 5 fully saturated rings. The second-order valence-electron chi connectivity index (χ2n) is 17.5. The fraction of sp³-hybridized carbons (Fsp3) is 0.897. The number of ether oxygens (including phenoxy) is 4. The van der Waals surface area contributed by atoms with Gasteiger partial charge in [-0.3, -0.25) is 9.59 Å². The average Bonchev–Trinajstić information content (AvgIpc) is 3.40. The maximum atomic E-state index is 13.7. The van der Waals surface area contributed by atoms with Crippen molar-refractivity contribution < 1.29 is 64.3 Å². The number of aliphatic hydroxyl groups is 7. The van der Waals surface area contributed by atoms with E-state index < -0.39 is 68.0 Å². The molecule has 9 unspecified atom stereocenters. The van der Waals surface area contributed by atoms with Gasteiger partial charge in [0.25, 0.3) is 0 Å². The van der Waals surface area contributed by atoms with E-state index in [2.05, 4.69) is 19.9 Å². The lowest BCUT2D eigenvalue weighted by atomic mass is 9.47. The molecule has 19 atom stereocenters. The summed E-state index contributed by atoms with van der Waals surface area (Å²) in [4.78, 5) is 27.0. The molecule has 0 bridgehead atoms. The first-order valence-electron chi connectivity index (χ1n) is 19.5. The number of ketones is 2. The Labute approximate surface area is 306 Å². The zero-order valence-corrected chi connectivity index (χ0v) is 31.3. The highest BCUT2D eigenvalue weighted by Gasteiger charge is 2.62. The molecule has 6 aliphatic rings. The van der Waals surface area contributed by atoms with Crippen molar-refractivity contribution in [1.82, 2.24) is 0 Å². The first-order valence-corrected chi connectivity index (χ1v) is 19.5. The fourth-order valence-corrected chi connectivity index (χ4v) is 11.1. The van der Waals surface area contributed by atoms with Gasteiger partial charge in [0.1, 0.15) is 54.3 Å². The number of carbonyl (C=O) groups is 2. The van der Waals surface area contributed by atoms with Gasteiger partial charge in [-0.2, -0.15) is 0 Å². The standard InChI is InChI=1S/C39H62O13/c1-18(16-40)6-9-26(42)19(2)29-27(43)15-25-23-8-7-21-14-22(10-12-38(21,4)24(23)11-13-39(25,29)5)50-37-35(33(47)31(45)28(17-41)51-37)52-36-34(48)32(46)30(44)20(3)49-36/h7,18-20,22-25,28-37,40-41,44-48H,6,8-17H2,1-5H3/t18-,19-,20?,22?,23-,24+,25+,28?,29?,30+,31-,32?,33?,34?,35?,36+,37?,38+,39+/m1/s1. The highest BCUT2D eigenvalue weighted by molar-refractivity contribution is 5.92. The van der Waals surface area contributed by atoms with Crippen LogP contribution in [0, 0.1) is 46.3 Å². The van der Waals surface area contributed by atoms with Crippen LogP contribution in [0.3, 0.4) is 0 Å². The molecule has 6 rings (SSSR count). The van der Waals surface area contributed by atoms with Crippen molar-refractivity contribution >= 4 is 11.6 Å². The molecule has 0 spiro atoms. The van der Waals surface area contributed by atoms with Crippen LogP contribution in [-0.4, -0.2) is 128 Å².